The zero-order valence-electron chi connectivity index (χ0n) is 13.6. The molecule has 2 heterocycles. The summed E-state index contributed by atoms with van der Waals surface area (Å²) in [5.41, 5.74) is -0.143. The van der Waals surface area contributed by atoms with Crippen LogP contribution in [0.3, 0.4) is 0 Å². The lowest BCUT2D eigenvalue weighted by Gasteiger charge is -2.42. The number of nitrogens with zero attached hydrogens (tertiary/aromatic N) is 3. The Kier molecular flexibility index (Phi) is 4.59. The number of hydrogen-bond acceptors (Lipinski definition) is 3. The Labute approximate surface area is 122 Å². The van der Waals surface area contributed by atoms with Crippen LogP contribution >= 0.6 is 0 Å². The highest BCUT2D eigenvalue weighted by Crippen LogP contribution is 2.30. The van der Waals surface area contributed by atoms with Crippen LogP contribution in [0.1, 0.15) is 34.1 Å². The highest BCUT2D eigenvalue weighted by molar-refractivity contribution is 5.75. The molecule has 0 radical (unpaired) electrons. The van der Waals surface area contributed by atoms with Gasteiger partial charge in [-0.1, -0.05) is 0 Å². The van der Waals surface area contributed by atoms with Crippen molar-refractivity contribution in [3.63, 3.8) is 0 Å². The molecule has 2 fully saturated rings. The summed E-state index contributed by atoms with van der Waals surface area (Å²) in [6.07, 6.45) is 0.952. The molecule has 2 amide bonds. The van der Waals surface area contributed by atoms with Crippen LogP contribution in [0.5, 0.6) is 0 Å². The number of ether oxygens (including phenoxy) is 1. The first-order valence-electron chi connectivity index (χ1n) is 7.74. The van der Waals surface area contributed by atoms with Gasteiger partial charge in [-0.25, -0.2) is 4.79 Å². The molecule has 0 aromatic rings. The van der Waals surface area contributed by atoms with Gasteiger partial charge in [0.2, 0.25) is 0 Å². The van der Waals surface area contributed by atoms with Crippen molar-refractivity contribution >= 4 is 6.03 Å². The number of morpholine rings is 1. The molecule has 0 aromatic heterocycles. The molecule has 116 valence electrons. The van der Waals surface area contributed by atoms with Crippen molar-refractivity contribution in [1.29, 1.82) is 0 Å². The van der Waals surface area contributed by atoms with Crippen molar-refractivity contribution in [2.45, 2.75) is 51.8 Å². The van der Waals surface area contributed by atoms with E-state index in [-0.39, 0.29) is 17.7 Å². The fourth-order valence-electron chi connectivity index (χ4n) is 3.01. The van der Waals surface area contributed by atoms with Gasteiger partial charge in [-0.2, -0.15) is 0 Å². The third-order valence-corrected chi connectivity index (χ3v) is 4.67. The summed E-state index contributed by atoms with van der Waals surface area (Å²) in [5, 5.41) is 0. The van der Waals surface area contributed by atoms with Gasteiger partial charge in [0.1, 0.15) is 5.60 Å². The van der Waals surface area contributed by atoms with Crippen LogP contribution in [0, 0.1) is 0 Å². The van der Waals surface area contributed by atoms with E-state index in [0.29, 0.717) is 6.04 Å². The highest BCUT2D eigenvalue weighted by atomic mass is 16.5. The van der Waals surface area contributed by atoms with Gasteiger partial charge in [0.15, 0.2) is 0 Å². The van der Waals surface area contributed by atoms with Crippen LogP contribution in [0.25, 0.3) is 0 Å². The zero-order valence-corrected chi connectivity index (χ0v) is 13.6. The number of carbonyl (C=O) groups excluding carboxylic acids is 1. The lowest BCUT2D eigenvalue weighted by atomic mass is 10.00. The number of carbonyl (C=O) groups is 1. The van der Waals surface area contributed by atoms with Crippen molar-refractivity contribution in [2.75, 3.05) is 39.8 Å². The van der Waals surface area contributed by atoms with Gasteiger partial charge in [-0.3, -0.25) is 4.90 Å². The summed E-state index contributed by atoms with van der Waals surface area (Å²) in [4.78, 5) is 18.6. The standard InChI is InChI=1S/C15H29N3O2/c1-12(2)16(5)14(19)18-7-6-15(11-18)10-17(13(3)4)8-9-20-15/h12-13H,6-11H2,1-5H3. The number of hydrogen-bond donors (Lipinski definition) is 0. The minimum Gasteiger partial charge on any atom is -0.370 e. The molecule has 1 spiro atoms. The molecule has 20 heavy (non-hydrogen) atoms. The van der Waals surface area contributed by atoms with E-state index in [0.717, 1.165) is 39.2 Å². The average Bonchev–Trinajstić information content (AvgIpc) is 2.80. The normalized spacial score (nSPS) is 27.9. The molecule has 2 rings (SSSR count). The second kappa shape index (κ2) is 5.90. The van der Waals surface area contributed by atoms with E-state index in [4.69, 9.17) is 4.74 Å². The molecular weight excluding hydrogens is 254 g/mol. The lowest BCUT2D eigenvalue weighted by Crippen LogP contribution is -2.55. The first kappa shape index (κ1) is 15.6. The van der Waals surface area contributed by atoms with E-state index in [2.05, 4.69) is 18.7 Å². The van der Waals surface area contributed by atoms with Crippen molar-refractivity contribution < 1.29 is 9.53 Å². The summed E-state index contributed by atoms with van der Waals surface area (Å²) in [7, 11) is 1.88. The minimum atomic E-state index is -0.143. The van der Waals surface area contributed by atoms with Crippen molar-refractivity contribution in [2.24, 2.45) is 0 Å². The van der Waals surface area contributed by atoms with Crippen LogP contribution in [0.15, 0.2) is 0 Å². The molecule has 1 unspecified atom stereocenters. The molecule has 1 atom stereocenters. The van der Waals surface area contributed by atoms with Gasteiger partial charge < -0.3 is 14.5 Å². The van der Waals surface area contributed by atoms with Crippen LogP contribution in [-0.2, 0) is 4.74 Å². The van der Waals surface area contributed by atoms with Crippen LogP contribution in [0.2, 0.25) is 0 Å². The number of amides is 2. The molecular formula is C15H29N3O2. The Morgan fingerprint density at radius 3 is 2.50 bits per heavy atom. The molecule has 2 aliphatic rings. The van der Waals surface area contributed by atoms with E-state index in [9.17, 15) is 4.79 Å². The first-order chi connectivity index (χ1) is 9.34. The summed E-state index contributed by atoms with van der Waals surface area (Å²) < 4.78 is 6.07. The molecule has 5 heteroatoms. The van der Waals surface area contributed by atoms with Crippen molar-refractivity contribution in [3.05, 3.63) is 0 Å². The maximum atomic E-state index is 12.4. The number of likely N-dealkylation sites (tertiary alicyclic amines) is 1. The molecule has 0 saturated carbocycles. The third kappa shape index (κ3) is 3.09. The summed E-state index contributed by atoms with van der Waals surface area (Å²) in [6, 6.07) is 0.902. The summed E-state index contributed by atoms with van der Waals surface area (Å²) in [5.74, 6) is 0. The fraction of sp³-hybridized carbons (Fsp3) is 0.933. The number of rotatable bonds is 2. The third-order valence-electron chi connectivity index (χ3n) is 4.67. The van der Waals surface area contributed by atoms with Gasteiger partial charge >= 0.3 is 6.03 Å². The summed E-state index contributed by atoms with van der Waals surface area (Å²) in [6.45, 7) is 12.8. The predicted octanol–water partition coefficient (Wildman–Crippen LogP) is 1.63. The van der Waals surface area contributed by atoms with Crippen molar-refractivity contribution in [3.8, 4) is 0 Å². The zero-order chi connectivity index (χ0) is 14.9. The second-order valence-electron chi connectivity index (χ2n) is 6.75. The van der Waals surface area contributed by atoms with E-state index < -0.39 is 0 Å². The first-order valence-corrected chi connectivity index (χ1v) is 7.74. The van der Waals surface area contributed by atoms with E-state index in [1.54, 1.807) is 0 Å². The predicted molar refractivity (Wildman–Crippen MR) is 79.9 cm³/mol. The maximum absolute atomic E-state index is 12.4. The topological polar surface area (TPSA) is 36.0 Å². The largest absolute Gasteiger partial charge is 0.370 e. The van der Waals surface area contributed by atoms with Gasteiger partial charge in [0.05, 0.1) is 13.2 Å². The molecule has 2 saturated heterocycles. The van der Waals surface area contributed by atoms with E-state index in [1.165, 1.54) is 0 Å². The number of urea groups is 1. The molecule has 5 nitrogen and oxygen atoms in total. The summed E-state index contributed by atoms with van der Waals surface area (Å²) >= 11 is 0. The van der Waals surface area contributed by atoms with Gasteiger partial charge in [-0.05, 0) is 34.1 Å². The molecule has 0 N–H and O–H groups in total. The monoisotopic (exact) mass is 283 g/mol. The quantitative estimate of drug-likeness (QED) is 0.773. The molecule has 2 aliphatic heterocycles. The van der Waals surface area contributed by atoms with Crippen LogP contribution in [0.4, 0.5) is 4.79 Å². The average molecular weight is 283 g/mol. The Hall–Kier alpha value is -0.810. The SMILES string of the molecule is CC(C)N1CCOC2(CCN(C(=O)N(C)C(C)C)C2)C1. The molecule has 0 aliphatic carbocycles. The highest BCUT2D eigenvalue weighted by Gasteiger charge is 2.45. The van der Waals surface area contributed by atoms with E-state index >= 15 is 0 Å². The second-order valence-corrected chi connectivity index (χ2v) is 6.75. The smallest absolute Gasteiger partial charge is 0.320 e. The molecule has 0 bridgehead atoms. The Morgan fingerprint density at radius 2 is 1.90 bits per heavy atom. The van der Waals surface area contributed by atoms with Gasteiger partial charge in [0, 0.05) is 38.8 Å². The Balaban J connectivity index is 1.99. The van der Waals surface area contributed by atoms with Gasteiger partial charge in [-0.15, -0.1) is 0 Å². The lowest BCUT2D eigenvalue weighted by molar-refractivity contribution is -0.107. The van der Waals surface area contributed by atoms with Gasteiger partial charge in [0.25, 0.3) is 0 Å². The van der Waals surface area contributed by atoms with Crippen LogP contribution < -0.4 is 0 Å². The van der Waals surface area contributed by atoms with Crippen LogP contribution in [-0.4, -0.2) is 78.2 Å². The Morgan fingerprint density at radius 1 is 1.20 bits per heavy atom. The maximum Gasteiger partial charge on any atom is 0.320 e. The van der Waals surface area contributed by atoms with Crippen molar-refractivity contribution in [1.82, 2.24) is 14.7 Å². The van der Waals surface area contributed by atoms with E-state index in [1.807, 2.05) is 30.7 Å². The molecule has 0 aromatic carbocycles. The minimum absolute atomic E-state index is 0.127. The Bertz CT molecular complexity index is 359. The fourth-order valence-corrected chi connectivity index (χ4v) is 3.01.